The Morgan fingerprint density at radius 1 is 1.17 bits per heavy atom. The average Bonchev–Trinajstić information content (AvgIpc) is 2.91. The maximum absolute atomic E-state index is 12.6. The molecule has 0 saturated carbocycles. The minimum absolute atomic E-state index is 0.154. The van der Waals surface area contributed by atoms with Gasteiger partial charge in [0.25, 0.3) is 5.91 Å². The number of carbonyl (C=O) groups is 1. The standard InChI is InChI=1S/C19H19N3O/c1-4-11-20-19(23)18-17(15-8-5-13(2)6-9-15)21-16-10-7-14(3)12-22(16)18/h4-10,12H,1,11H2,2-3H3,(H,20,23). The second-order valence-corrected chi connectivity index (χ2v) is 5.61. The van der Waals surface area contributed by atoms with Crippen LogP contribution in [0.3, 0.4) is 0 Å². The van der Waals surface area contributed by atoms with E-state index in [9.17, 15) is 4.79 Å². The predicted molar refractivity (Wildman–Crippen MR) is 92.6 cm³/mol. The Balaban J connectivity index is 2.21. The number of aromatic nitrogens is 2. The summed E-state index contributed by atoms with van der Waals surface area (Å²) in [5.41, 5.74) is 5.18. The van der Waals surface area contributed by atoms with Gasteiger partial charge in [-0.1, -0.05) is 42.0 Å². The van der Waals surface area contributed by atoms with Crippen molar-refractivity contribution in [2.24, 2.45) is 0 Å². The second-order valence-electron chi connectivity index (χ2n) is 5.61. The van der Waals surface area contributed by atoms with Gasteiger partial charge in [-0.3, -0.25) is 9.20 Å². The fourth-order valence-corrected chi connectivity index (χ4v) is 2.53. The Hall–Kier alpha value is -2.88. The lowest BCUT2D eigenvalue weighted by Crippen LogP contribution is -2.25. The summed E-state index contributed by atoms with van der Waals surface area (Å²) in [6, 6.07) is 12.0. The number of nitrogens with zero attached hydrogens (tertiary/aromatic N) is 2. The molecule has 23 heavy (non-hydrogen) atoms. The number of benzene rings is 1. The monoisotopic (exact) mass is 305 g/mol. The molecule has 2 aromatic heterocycles. The largest absolute Gasteiger partial charge is 0.347 e. The summed E-state index contributed by atoms with van der Waals surface area (Å²) in [5, 5.41) is 2.85. The molecular formula is C19H19N3O. The molecule has 2 heterocycles. The van der Waals surface area contributed by atoms with Crippen molar-refractivity contribution in [2.75, 3.05) is 6.54 Å². The first-order valence-electron chi connectivity index (χ1n) is 7.55. The summed E-state index contributed by atoms with van der Waals surface area (Å²) >= 11 is 0. The summed E-state index contributed by atoms with van der Waals surface area (Å²) in [6.07, 6.45) is 3.60. The van der Waals surface area contributed by atoms with Gasteiger partial charge in [0.2, 0.25) is 0 Å². The number of imidazole rings is 1. The number of hydrogen-bond acceptors (Lipinski definition) is 2. The Labute approximate surface area is 135 Å². The van der Waals surface area contributed by atoms with Crippen LogP contribution in [0.25, 0.3) is 16.9 Å². The molecule has 0 saturated heterocycles. The highest BCUT2D eigenvalue weighted by Crippen LogP contribution is 2.25. The van der Waals surface area contributed by atoms with Crippen LogP contribution in [0.2, 0.25) is 0 Å². The van der Waals surface area contributed by atoms with Gasteiger partial charge in [0, 0.05) is 18.3 Å². The molecular weight excluding hydrogens is 286 g/mol. The number of nitrogens with one attached hydrogen (secondary N) is 1. The molecule has 1 aromatic carbocycles. The molecule has 3 aromatic rings. The topological polar surface area (TPSA) is 46.4 Å². The third-order valence-corrected chi connectivity index (χ3v) is 3.71. The highest BCUT2D eigenvalue weighted by atomic mass is 16.1. The van der Waals surface area contributed by atoms with E-state index in [1.807, 2.05) is 60.8 Å². The predicted octanol–water partition coefficient (Wildman–Crippen LogP) is 3.53. The van der Waals surface area contributed by atoms with Gasteiger partial charge in [-0.25, -0.2) is 4.98 Å². The normalized spacial score (nSPS) is 10.7. The molecule has 0 aliphatic carbocycles. The third kappa shape index (κ3) is 2.88. The maximum atomic E-state index is 12.6. The van der Waals surface area contributed by atoms with Crippen molar-refractivity contribution in [1.82, 2.24) is 14.7 Å². The fourth-order valence-electron chi connectivity index (χ4n) is 2.53. The minimum Gasteiger partial charge on any atom is -0.347 e. The van der Waals surface area contributed by atoms with Crippen LogP contribution in [0.15, 0.2) is 55.3 Å². The molecule has 0 aliphatic rings. The SMILES string of the molecule is C=CCNC(=O)c1c(-c2ccc(C)cc2)nc2ccc(C)cn12. The summed E-state index contributed by atoms with van der Waals surface area (Å²) in [4.78, 5) is 17.3. The van der Waals surface area contributed by atoms with E-state index in [1.54, 1.807) is 6.08 Å². The van der Waals surface area contributed by atoms with Gasteiger partial charge < -0.3 is 5.32 Å². The molecule has 0 spiro atoms. The van der Waals surface area contributed by atoms with Crippen LogP contribution in [0, 0.1) is 13.8 Å². The zero-order chi connectivity index (χ0) is 16.4. The fraction of sp³-hybridized carbons (Fsp3) is 0.158. The Bertz CT molecular complexity index is 876. The summed E-state index contributed by atoms with van der Waals surface area (Å²) in [6.45, 7) is 8.10. The molecule has 0 unspecified atom stereocenters. The average molecular weight is 305 g/mol. The first kappa shape index (κ1) is 15.0. The van der Waals surface area contributed by atoms with Crippen LogP contribution in [0.4, 0.5) is 0 Å². The van der Waals surface area contributed by atoms with E-state index < -0.39 is 0 Å². The van der Waals surface area contributed by atoms with E-state index in [0.717, 1.165) is 16.8 Å². The van der Waals surface area contributed by atoms with Crippen LogP contribution in [-0.2, 0) is 0 Å². The number of hydrogen-bond donors (Lipinski definition) is 1. The number of carbonyl (C=O) groups excluding carboxylic acids is 1. The number of aryl methyl sites for hydroxylation is 2. The molecule has 0 bridgehead atoms. The van der Waals surface area contributed by atoms with Crippen molar-refractivity contribution >= 4 is 11.6 Å². The van der Waals surface area contributed by atoms with Crippen molar-refractivity contribution in [2.45, 2.75) is 13.8 Å². The summed E-state index contributed by atoms with van der Waals surface area (Å²) < 4.78 is 1.85. The van der Waals surface area contributed by atoms with Crippen LogP contribution in [-0.4, -0.2) is 21.8 Å². The van der Waals surface area contributed by atoms with Crippen LogP contribution < -0.4 is 5.32 Å². The van der Waals surface area contributed by atoms with E-state index >= 15 is 0 Å². The smallest absolute Gasteiger partial charge is 0.270 e. The summed E-state index contributed by atoms with van der Waals surface area (Å²) in [7, 11) is 0. The van der Waals surface area contributed by atoms with Crippen LogP contribution in [0.5, 0.6) is 0 Å². The van der Waals surface area contributed by atoms with Gasteiger partial charge in [-0.2, -0.15) is 0 Å². The molecule has 116 valence electrons. The lowest BCUT2D eigenvalue weighted by atomic mass is 10.1. The molecule has 0 radical (unpaired) electrons. The minimum atomic E-state index is -0.154. The van der Waals surface area contributed by atoms with Crippen molar-refractivity contribution in [3.63, 3.8) is 0 Å². The van der Waals surface area contributed by atoms with Gasteiger partial charge in [0.15, 0.2) is 0 Å². The molecule has 4 heteroatoms. The molecule has 3 rings (SSSR count). The first-order chi connectivity index (χ1) is 11.1. The highest BCUT2D eigenvalue weighted by Gasteiger charge is 2.20. The number of pyridine rings is 1. The molecule has 4 nitrogen and oxygen atoms in total. The molecule has 0 fully saturated rings. The number of amides is 1. The number of rotatable bonds is 4. The van der Waals surface area contributed by atoms with E-state index in [0.29, 0.717) is 17.9 Å². The lowest BCUT2D eigenvalue weighted by molar-refractivity contribution is 0.0953. The zero-order valence-electron chi connectivity index (χ0n) is 13.3. The van der Waals surface area contributed by atoms with Crippen molar-refractivity contribution in [3.8, 4) is 11.3 Å². The van der Waals surface area contributed by atoms with Crippen molar-refractivity contribution < 1.29 is 4.79 Å². The Kier molecular flexibility index (Phi) is 3.98. The van der Waals surface area contributed by atoms with E-state index in [1.165, 1.54) is 5.56 Å². The lowest BCUT2D eigenvalue weighted by Gasteiger charge is -2.06. The molecule has 1 N–H and O–H groups in total. The van der Waals surface area contributed by atoms with E-state index in [-0.39, 0.29) is 5.91 Å². The first-order valence-corrected chi connectivity index (χ1v) is 7.55. The van der Waals surface area contributed by atoms with Gasteiger partial charge >= 0.3 is 0 Å². The van der Waals surface area contributed by atoms with Crippen LogP contribution in [0.1, 0.15) is 21.6 Å². The third-order valence-electron chi connectivity index (χ3n) is 3.71. The second kappa shape index (κ2) is 6.08. The van der Waals surface area contributed by atoms with Gasteiger partial charge in [-0.15, -0.1) is 6.58 Å². The zero-order valence-corrected chi connectivity index (χ0v) is 13.3. The summed E-state index contributed by atoms with van der Waals surface area (Å²) in [5.74, 6) is -0.154. The number of fused-ring (bicyclic) bond motifs is 1. The van der Waals surface area contributed by atoms with Gasteiger partial charge in [0.05, 0.1) is 0 Å². The molecule has 1 amide bonds. The Morgan fingerprint density at radius 3 is 2.57 bits per heavy atom. The quantitative estimate of drug-likeness (QED) is 0.749. The van der Waals surface area contributed by atoms with E-state index in [4.69, 9.17) is 0 Å². The van der Waals surface area contributed by atoms with Crippen molar-refractivity contribution in [3.05, 3.63) is 72.1 Å². The molecule has 0 aliphatic heterocycles. The maximum Gasteiger partial charge on any atom is 0.270 e. The Morgan fingerprint density at radius 2 is 1.87 bits per heavy atom. The molecule has 0 atom stereocenters. The van der Waals surface area contributed by atoms with Crippen LogP contribution >= 0.6 is 0 Å². The van der Waals surface area contributed by atoms with E-state index in [2.05, 4.69) is 16.9 Å². The van der Waals surface area contributed by atoms with Gasteiger partial charge in [-0.05, 0) is 25.5 Å². The van der Waals surface area contributed by atoms with Gasteiger partial charge in [0.1, 0.15) is 17.0 Å². The highest BCUT2D eigenvalue weighted by molar-refractivity contribution is 5.99. The van der Waals surface area contributed by atoms with Crippen molar-refractivity contribution in [1.29, 1.82) is 0 Å².